The lowest BCUT2D eigenvalue weighted by Gasteiger charge is -2.37. The highest BCUT2D eigenvalue weighted by Crippen LogP contribution is 2.19. The van der Waals surface area contributed by atoms with Gasteiger partial charge in [0.25, 0.3) is 0 Å². The van der Waals surface area contributed by atoms with Crippen LogP contribution in [-0.4, -0.2) is 59.3 Å². The number of hydrogen-bond donors (Lipinski definition) is 2. The Morgan fingerprint density at radius 3 is 2.28 bits per heavy atom. The third kappa shape index (κ3) is 3.29. The molecule has 1 fully saturated rings. The maximum Gasteiger partial charge on any atom is 0.133 e. The van der Waals surface area contributed by atoms with Crippen molar-refractivity contribution < 1.29 is 10.2 Å². The van der Waals surface area contributed by atoms with Crippen molar-refractivity contribution in [3.8, 4) is 0 Å². The van der Waals surface area contributed by atoms with E-state index in [1.165, 1.54) is 5.56 Å². The van der Waals surface area contributed by atoms with E-state index in [9.17, 15) is 5.11 Å². The van der Waals surface area contributed by atoms with E-state index in [1.807, 2.05) is 31.2 Å². The van der Waals surface area contributed by atoms with E-state index in [0.717, 1.165) is 38.3 Å². The van der Waals surface area contributed by atoms with Gasteiger partial charge < -0.3 is 10.2 Å². The van der Waals surface area contributed by atoms with Crippen molar-refractivity contribution in [3.05, 3.63) is 35.4 Å². The molecule has 1 heterocycles. The zero-order valence-electron chi connectivity index (χ0n) is 10.9. The summed E-state index contributed by atoms with van der Waals surface area (Å²) in [5.74, 6) is 0. The topological polar surface area (TPSA) is 46.9 Å². The number of aliphatic hydroxyl groups is 2. The summed E-state index contributed by atoms with van der Waals surface area (Å²) in [6.07, 6.45) is -0.512. The normalized spacial score (nSPS) is 19.9. The van der Waals surface area contributed by atoms with Crippen molar-refractivity contribution in [2.75, 3.05) is 39.3 Å². The molecule has 1 aromatic rings. The fourth-order valence-electron chi connectivity index (χ4n) is 2.32. The zero-order valence-corrected chi connectivity index (χ0v) is 10.9. The molecule has 0 saturated carbocycles. The second-order valence-electron chi connectivity index (χ2n) is 4.89. The van der Waals surface area contributed by atoms with Crippen LogP contribution in [0.1, 0.15) is 17.4 Å². The Kier molecular flexibility index (Phi) is 4.72. The molecule has 1 unspecified atom stereocenters. The molecule has 0 amide bonds. The number of aliphatic hydroxyl groups excluding tert-OH is 2. The maximum atomic E-state index is 10.3. The van der Waals surface area contributed by atoms with Crippen LogP contribution in [0, 0.1) is 6.92 Å². The lowest BCUT2D eigenvalue weighted by molar-refractivity contribution is -0.0290. The van der Waals surface area contributed by atoms with Crippen LogP contribution in [0.25, 0.3) is 0 Å². The van der Waals surface area contributed by atoms with Crippen molar-refractivity contribution in [1.29, 1.82) is 0 Å². The maximum absolute atomic E-state index is 10.3. The van der Waals surface area contributed by atoms with Crippen molar-refractivity contribution >= 4 is 0 Å². The smallest absolute Gasteiger partial charge is 0.133 e. The average Bonchev–Trinajstić information content (AvgIpc) is 2.40. The van der Waals surface area contributed by atoms with Gasteiger partial charge in [-0.15, -0.1) is 0 Å². The molecule has 100 valence electrons. The summed E-state index contributed by atoms with van der Waals surface area (Å²) in [6.45, 7) is 6.48. The molecule has 0 radical (unpaired) electrons. The molecule has 1 saturated heterocycles. The summed E-state index contributed by atoms with van der Waals surface area (Å²) >= 11 is 0. The van der Waals surface area contributed by atoms with Gasteiger partial charge >= 0.3 is 0 Å². The zero-order chi connectivity index (χ0) is 13.0. The van der Waals surface area contributed by atoms with Crippen molar-refractivity contribution in [2.45, 2.75) is 13.2 Å². The largest absolute Gasteiger partial charge is 0.395 e. The predicted molar refractivity (Wildman–Crippen MR) is 71.2 cm³/mol. The van der Waals surface area contributed by atoms with Crippen molar-refractivity contribution in [2.24, 2.45) is 0 Å². The van der Waals surface area contributed by atoms with Crippen LogP contribution in [0.15, 0.2) is 24.3 Å². The van der Waals surface area contributed by atoms with E-state index in [-0.39, 0.29) is 6.61 Å². The van der Waals surface area contributed by atoms with Gasteiger partial charge in [0.05, 0.1) is 6.61 Å². The van der Waals surface area contributed by atoms with Crippen LogP contribution >= 0.6 is 0 Å². The number of hydrogen-bond acceptors (Lipinski definition) is 4. The molecule has 0 spiro atoms. The second-order valence-corrected chi connectivity index (χ2v) is 4.89. The molecule has 1 aliphatic rings. The number of β-amino-alcohol motifs (C(OH)–C–C–N with tert-alkyl or cyclic N) is 1. The highest BCUT2D eigenvalue weighted by molar-refractivity contribution is 5.22. The molecule has 1 aromatic carbocycles. The second kappa shape index (κ2) is 6.29. The quantitative estimate of drug-likeness (QED) is 0.821. The van der Waals surface area contributed by atoms with Gasteiger partial charge in [-0.2, -0.15) is 0 Å². The Morgan fingerprint density at radius 2 is 1.72 bits per heavy atom. The molecule has 2 rings (SSSR count). The van der Waals surface area contributed by atoms with E-state index in [4.69, 9.17) is 5.11 Å². The van der Waals surface area contributed by atoms with E-state index in [0.29, 0.717) is 0 Å². The van der Waals surface area contributed by atoms with Gasteiger partial charge in [-0.25, -0.2) is 0 Å². The average molecular weight is 250 g/mol. The van der Waals surface area contributed by atoms with Crippen molar-refractivity contribution in [1.82, 2.24) is 9.80 Å². The molecule has 1 aliphatic heterocycles. The molecule has 2 N–H and O–H groups in total. The third-order valence-corrected chi connectivity index (χ3v) is 3.54. The summed E-state index contributed by atoms with van der Waals surface area (Å²) in [5.41, 5.74) is 2.16. The van der Waals surface area contributed by atoms with E-state index >= 15 is 0 Å². The molecule has 18 heavy (non-hydrogen) atoms. The first kappa shape index (κ1) is 13.5. The standard InChI is InChI=1S/C14H22N2O2/c1-12-2-4-13(5-3-12)14(18)16-8-6-15(7-9-16)10-11-17/h2-5,14,17-18H,6-11H2,1H3. The van der Waals surface area contributed by atoms with Crippen LogP contribution in [0.2, 0.25) is 0 Å². The summed E-state index contributed by atoms with van der Waals surface area (Å²) < 4.78 is 0. The highest BCUT2D eigenvalue weighted by atomic mass is 16.3. The highest BCUT2D eigenvalue weighted by Gasteiger charge is 2.22. The first-order chi connectivity index (χ1) is 8.70. The molecule has 4 nitrogen and oxygen atoms in total. The predicted octanol–water partition coefficient (Wildman–Crippen LogP) is 0.596. The van der Waals surface area contributed by atoms with Gasteiger partial charge in [-0.3, -0.25) is 9.80 Å². The minimum absolute atomic E-state index is 0.209. The van der Waals surface area contributed by atoms with Crippen LogP contribution < -0.4 is 0 Å². The molecule has 1 atom stereocenters. The Hall–Kier alpha value is -0.940. The summed E-state index contributed by atoms with van der Waals surface area (Å²) in [5, 5.41) is 19.2. The lowest BCUT2D eigenvalue weighted by atomic mass is 10.1. The number of rotatable bonds is 4. The van der Waals surface area contributed by atoms with E-state index < -0.39 is 6.23 Å². The first-order valence-electron chi connectivity index (χ1n) is 6.52. The Bertz CT molecular complexity index is 359. The lowest BCUT2D eigenvalue weighted by Crippen LogP contribution is -2.48. The minimum Gasteiger partial charge on any atom is -0.395 e. The van der Waals surface area contributed by atoms with Gasteiger partial charge in [-0.1, -0.05) is 29.8 Å². The minimum atomic E-state index is -0.512. The monoisotopic (exact) mass is 250 g/mol. The Labute approximate surface area is 108 Å². The summed E-state index contributed by atoms with van der Waals surface area (Å²) in [4.78, 5) is 4.30. The SMILES string of the molecule is Cc1ccc(C(O)N2CCN(CCO)CC2)cc1. The van der Waals surface area contributed by atoms with E-state index in [1.54, 1.807) is 0 Å². The van der Waals surface area contributed by atoms with Gasteiger partial charge in [0.2, 0.25) is 0 Å². The molecule has 0 bridgehead atoms. The number of aryl methyl sites for hydroxylation is 1. The van der Waals surface area contributed by atoms with Crippen LogP contribution in [0.4, 0.5) is 0 Å². The summed E-state index contributed by atoms with van der Waals surface area (Å²) in [7, 11) is 0. The molecule has 0 aliphatic carbocycles. The van der Waals surface area contributed by atoms with Crippen molar-refractivity contribution in [3.63, 3.8) is 0 Å². The fourth-order valence-corrected chi connectivity index (χ4v) is 2.32. The van der Waals surface area contributed by atoms with Gasteiger partial charge in [0.15, 0.2) is 0 Å². The molecule has 0 aromatic heterocycles. The Morgan fingerprint density at radius 1 is 1.11 bits per heavy atom. The first-order valence-corrected chi connectivity index (χ1v) is 6.52. The third-order valence-electron chi connectivity index (χ3n) is 3.54. The Balaban J connectivity index is 1.91. The summed E-state index contributed by atoms with van der Waals surface area (Å²) in [6, 6.07) is 8.03. The van der Waals surface area contributed by atoms with Gasteiger partial charge in [0, 0.05) is 32.7 Å². The van der Waals surface area contributed by atoms with Crippen LogP contribution in [0.5, 0.6) is 0 Å². The number of nitrogens with zero attached hydrogens (tertiary/aromatic N) is 2. The number of benzene rings is 1. The number of piperazine rings is 1. The molecular weight excluding hydrogens is 228 g/mol. The van der Waals surface area contributed by atoms with E-state index in [2.05, 4.69) is 9.80 Å². The van der Waals surface area contributed by atoms with Gasteiger partial charge in [0.1, 0.15) is 6.23 Å². The van der Waals surface area contributed by atoms with Crippen LogP contribution in [0.3, 0.4) is 0 Å². The molecular formula is C14H22N2O2. The fraction of sp³-hybridized carbons (Fsp3) is 0.571. The van der Waals surface area contributed by atoms with Gasteiger partial charge in [-0.05, 0) is 12.5 Å². The van der Waals surface area contributed by atoms with Crippen LogP contribution in [-0.2, 0) is 0 Å². The molecule has 4 heteroatoms.